The van der Waals surface area contributed by atoms with E-state index in [4.69, 9.17) is 16.3 Å². The van der Waals surface area contributed by atoms with Crippen molar-refractivity contribution >= 4 is 23.2 Å². The summed E-state index contributed by atoms with van der Waals surface area (Å²) in [6.07, 6.45) is 0. The first-order chi connectivity index (χ1) is 13.5. The average molecular weight is 406 g/mol. The van der Waals surface area contributed by atoms with Crippen LogP contribution < -0.4 is 15.0 Å². The van der Waals surface area contributed by atoms with Crippen molar-refractivity contribution in [2.45, 2.75) is 19.5 Å². The third kappa shape index (κ3) is 4.94. The van der Waals surface area contributed by atoms with Gasteiger partial charge in [-0.2, -0.15) is 0 Å². The van der Waals surface area contributed by atoms with Crippen LogP contribution in [0.15, 0.2) is 42.5 Å². The van der Waals surface area contributed by atoms with E-state index in [9.17, 15) is 9.18 Å². The van der Waals surface area contributed by atoms with Crippen molar-refractivity contribution in [1.82, 2.24) is 10.2 Å². The number of hydrogen-bond acceptors (Lipinski definition) is 4. The van der Waals surface area contributed by atoms with E-state index in [1.54, 1.807) is 19.2 Å². The van der Waals surface area contributed by atoms with Gasteiger partial charge in [0.15, 0.2) is 0 Å². The summed E-state index contributed by atoms with van der Waals surface area (Å²) in [5, 5.41) is 3.56. The molecule has 0 aromatic heterocycles. The number of hydrogen-bond donors (Lipinski definition) is 1. The van der Waals surface area contributed by atoms with Crippen LogP contribution in [0, 0.1) is 5.82 Å². The Morgan fingerprint density at radius 1 is 1.21 bits per heavy atom. The van der Waals surface area contributed by atoms with Gasteiger partial charge in [0.1, 0.15) is 11.6 Å². The number of carbonyl (C=O) groups excluding carboxylic acids is 1. The van der Waals surface area contributed by atoms with Crippen LogP contribution in [0.25, 0.3) is 0 Å². The van der Waals surface area contributed by atoms with Crippen molar-refractivity contribution in [2.24, 2.45) is 0 Å². The Bertz CT molecular complexity index is 825. The Balaban J connectivity index is 1.54. The number of amides is 1. The van der Waals surface area contributed by atoms with Crippen molar-refractivity contribution in [3.05, 3.63) is 58.9 Å². The smallest absolute Gasteiger partial charge is 0.237 e. The maximum absolute atomic E-state index is 13.3. The van der Waals surface area contributed by atoms with Gasteiger partial charge < -0.3 is 15.0 Å². The number of benzene rings is 2. The SMILES string of the molecule is COc1ccc(Cl)cc1N1CCN(C(C)C(=O)NCc2cccc(F)c2)CC1. The molecule has 1 saturated heterocycles. The summed E-state index contributed by atoms with van der Waals surface area (Å²) in [6.45, 7) is 5.28. The highest BCUT2D eigenvalue weighted by Gasteiger charge is 2.26. The largest absolute Gasteiger partial charge is 0.495 e. The Morgan fingerprint density at radius 2 is 1.96 bits per heavy atom. The minimum Gasteiger partial charge on any atom is -0.495 e. The number of piperazine rings is 1. The topological polar surface area (TPSA) is 44.8 Å². The molecule has 0 bridgehead atoms. The number of nitrogens with one attached hydrogen (secondary N) is 1. The lowest BCUT2D eigenvalue weighted by Gasteiger charge is -2.39. The predicted octanol–water partition coefficient (Wildman–Crippen LogP) is 3.31. The third-order valence-corrected chi connectivity index (χ3v) is 5.31. The van der Waals surface area contributed by atoms with Crippen molar-refractivity contribution < 1.29 is 13.9 Å². The van der Waals surface area contributed by atoms with E-state index in [1.165, 1.54) is 12.1 Å². The second kappa shape index (κ2) is 9.26. The molecule has 150 valence electrons. The second-order valence-corrected chi connectivity index (χ2v) is 7.30. The lowest BCUT2D eigenvalue weighted by atomic mass is 10.1. The van der Waals surface area contributed by atoms with Crippen LogP contribution in [0.5, 0.6) is 5.75 Å². The van der Waals surface area contributed by atoms with Gasteiger partial charge in [-0.1, -0.05) is 23.7 Å². The van der Waals surface area contributed by atoms with Crippen LogP contribution in [-0.2, 0) is 11.3 Å². The molecule has 7 heteroatoms. The molecule has 2 aromatic carbocycles. The number of rotatable bonds is 6. The molecule has 0 radical (unpaired) electrons. The minimum absolute atomic E-state index is 0.0574. The summed E-state index contributed by atoms with van der Waals surface area (Å²) < 4.78 is 18.7. The molecule has 0 aliphatic carbocycles. The van der Waals surface area contributed by atoms with E-state index in [2.05, 4.69) is 15.1 Å². The number of methoxy groups -OCH3 is 1. The van der Waals surface area contributed by atoms with Crippen molar-refractivity contribution in [3.8, 4) is 5.75 Å². The summed E-state index contributed by atoms with van der Waals surface area (Å²) in [6, 6.07) is 11.6. The van der Waals surface area contributed by atoms with Gasteiger partial charge in [0, 0.05) is 37.7 Å². The maximum Gasteiger partial charge on any atom is 0.237 e. The molecule has 5 nitrogen and oxygen atoms in total. The summed E-state index contributed by atoms with van der Waals surface area (Å²) in [5.74, 6) is 0.434. The number of anilines is 1. The standard InChI is InChI=1S/C21H25ClFN3O2/c1-15(21(27)24-14-16-4-3-5-18(23)12-16)25-8-10-26(11-9-25)19-13-17(22)6-7-20(19)28-2/h3-7,12-13,15H,8-11,14H2,1-2H3,(H,24,27). The fourth-order valence-corrected chi connectivity index (χ4v) is 3.58. The first kappa shape index (κ1) is 20.4. The number of carbonyl (C=O) groups is 1. The zero-order valence-corrected chi connectivity index (χ0v) is 16.9. The van der Waals surface area contributed by atoms with Gasteiger partial charge in [0.25, 0.3) is 0 Å². The van der Waals surface area contributed by atoms with Crippen molar-refractivity contribution in [2.75, 3.05) is 38.2 Å². The van der Waals surface area contributed by atoms with E-state index >= 15 is 0 Å². The van der Waals surface area contributed by atoms with Crippen molar-refractivity contribution in [1.29, 1.82) is 0 Å². The molecule has 0 saturated carbocycles. The Hall–Kier alpha value is -2.31. The molecule has 1 N–H and O–H groups in total. The zero-order chi connectivity index (χ0) is 20.1. The molecular weight excluding hydrogens is 381 g/mol. The fourth-order valence-electron chi connectivity index (χ4n) is 3.41. The molecule has 1 heterocycles. The van der Waals surface area contributed by atoms with E-state index in [-0.39, 0.29) is 17.8 Å². The van der Waals surface area contributed by atoms with E-state index in [1.807, 2.05) is 25.1 Å². The summed E-state index contributed by atoms with van der Waals surface area (Å²) in [7, 11) is 1.65. The van der Waals surface area contributed by atoms with Gasteiger partial charge in [-0.3, -0.25) is 9.69 Å². The Kier molecular flexibility index (Phi) is 6.75. The summed E-state index contributed by atoms with van der Waals surface area (Å²) in [4.78, 5) is 16.9. The predicted molar refractivity (Wildman–Crippen MR) is 109 cm³/mol. The molecule has 1 aliphatic heterocycles. The van der Waals surface area contributed by atoms with Crippen LogP contribution in [0.2, 0.25) is 5.02 Å². The summed E-state index contributed by atoms with van der Waals surface area (Å²) in [5.41, 5.74) is 1.72. The van der Waals surface area contributed by atoms with Gasteiger partial charge in [0.2, 0.25) is 5.91 Å². The van der Waals surface area contributed by atoms with Crippen LogP contribution in [0.4, 0.5) is 10.1 Å². The van der Waals surface area contributed by atoms with Crippen LogP contribution in [-0.4, -0.2) is 50.1 Å². The highest BCUT2D eigenvalue weighted by Crippen LogP contribution is 2.32. The maximum atomic E-state index is 13.3. The molecule has 1 atom stereocenters. The second-order valence-electron chi connectivity index (χ2n) is 6.86. The normalized spacial score (nSPS) is 15.9. The van der Waals surface area contributed by atoms with E-state index in [0.29, 0.717) is 11.6 Å². The van der Waals surface area contributed by atoms with Gasteiger partial charge in [-0.25, -0.2) is 4.39 Å². The van der Waals surface area contributed by atoms with Gasteiger partial charge in [-0.05, 0) is 42.8 Å². The monoisotopic (exact) mass is 405 g/mol. The van der Waals surface area contributed by atoms with Gasteiger partial charge in [0.05, 0.1) is 18.8 Å². The van der Waals surface area contributed by atoms with Crippen LogP contribution in [0.1, 0.15) is 12.5 Å². The van der Waals surface area contributed by atoms with E-state index in [0.717, 1.165) is 43.2 Å². The number of nitrogens with zero attached hydrogens (tertiary/aromatic N) is 2. The molecule has 1 unspecified atom stereocenters. The van der Waals surface area contributed by atoms with Gasteiger partial charge in [-0.15, -0.1) is 0 Å². The van der Waals surface area contributed by atoms with Crippen LogP contribution >= 0.6 is 11.6 Å². The number of halogens is 2. The van der Waals surface area contributed by atoms with Crippen LogP contribution in [0.3, 0.4) is 0 Å². The third-order valence-electron chi connectivity index (χ3n) is 5.08. The number of ether oxygens (including phenoxy) is 1. The Morgan fingerprint density at radius 3 is 2.64 bits per heavy atom. The molecule has 1 aliphatic rings. The highest BCUT2D eigenvalue weighted by atomic mass is 35.5. The molecule has 0 spiro atoms. The molecule has 1 amide bonds. The zero-order valence-electron chi connectivity index (χ0n) is 16.1. The fraction of sp³-hybridized carbons (Fsp3) is 0.381. The first-order valence-electron chi connectivity index (χ1n) is 9.32. The molecule has 28 heavy (non-hydrogen) atoms. The minimum atomic E-state index is -0.299. The summed E-state index contributed by atoms with van der Waals surface area (Å²) >= 11 is 6.14. The Labute approximate surface area is 170 Å². The van der Waals surface area contributed by atoms with Crippen molar-refractivity contribution in [3.63, 3.8) is 0 Å². The molecule has 3 rings (SSSR count). The molecule has 1 fully saturated rings. The molecular formula is C21H25ClFN3O2. The highest BCUT2D eigenvalue weighted by molar-refractivity contribution is 6.30. The quantitative estimate of drug-likeness (QED) is 0.800. The average Bonchev–Trinajstić information content (AvgIpc) is 2.71. The van der Waals surface area contributed by atoms with Gasteiger partial charge >= 0.3 is 0 Å². The lowest BCUT2D eigenvalue weighted by molar-refractivity contribution is -0.126. The van der Waals surface area contributed by atoms with E-state index < -0.39 is 0 Å². The molecule has 2 aromatic rings. The lowest BCUT2D eigenvalue weighted by Crippen LogP contribution is -2.53. The first-order valence-corrected chi connectivity index (χ1v) is 9.70.